The van der Waals surface area contributed by atoms with Gasteiger partial charge in [-0.25, -0.2) is 4.79 Å². The highest BCUT2D eigenvalue weighted by Crippen LogP contribution is 2.16. The van der Waals surface area contributed by atoms with E-state index in [0.717, 1.165) is 23.3 Å². The zero-order valence-electron chi connectivity index (χ0n) is 16.5. The first-order chi connectivity index (χ1) is 13.7. The van der Waals surface area contributed by atoms with Crippen molar-refractivity contribution in [1.82, 2.24) is 16.2 Å². The summed E-state index contributed by atoms with van der Waals surface area (Å²) in [7, 11) is 0. The zero-order valence-corrected chi connectivity index (χ0v) is 17.3. The molecule has 1 rings (SSSR count). The molecule has 0 heterocycles. The molecule has 0 aliphatic heterocycles. The lowest BCUT2D eigenvalue weighted by Gasteiger charge is -2.11. The number of carbonyl (C=O) groups is 4. The molecule has 1 aromatic rings. The van der Waals surface area contributed by atoms with Gasteiger partial charge in [-0.05, 0) is 50.2 Å². The second kappa shape index (κ2) is 12.2. The Bertz CT molecular complexity index is 823. The maximum atomic E-state index is 12.0. The minimum atomic E-state index is -0.669. The average Bonchev–Trinajstić information content (AvgIpc) is 2.66. The molecule has 1 aromatic carbocycles. The van der Waals surface area contributed by atoms with Crippen LogP contribution < -0.4 is 21.5 Å². The van der Waals surface area contributed by atoms with E-state index in [1.807, 2.05) is 32.0 Å². The predicted molar refractivity (Wildman–Crippen MR) is 112 cm³/mol. The quantitative estimate of drug-likeness (QED) is 0.226. The summed E-state index contributed by atoms with van der Waals surface area (Å²) >= 11 is 4.84. The van der Waals surface area contributed by atoms with Gasteiger partial charge in [0.15, 0.2) is 5.11 Å². The standard InChI is InChI=1S/C19H24N4O5S/c1-4-28-18(27)10-9-16(25)21-19(29)23-22-17(26)8-7-15(24)20-14-11-12(2)5-6-13(14)3/h5-6,9-11H,4,7-8H2,1-3H3,(H,20,24)(H,22,26)(H2,21,23,25,29)/b10-9+. The number of benzene rings is 1. The molecule has 0 aliphatic rings. The normalized spacial score (nSPS) is 10.2. The van der Waals surface area contributed by atoms with E-state index in [1.54, 1.807) is 6.92 Å². The van der Waals surface area contributed by atoms with Crippen LogP contribution in [0.25, 0.3) is 0 Å². The van der Waals surface area contributed by atoms with Crippen molar-refractivity contribution in [2.75, 3.05) is 11.9 Å². The molecule has 0 atom stereocenters. The van der Waals surface area contributed by atoms with Crippen molar-refractivity contribution in [2.45, 2.75) is 33.6 Å². The maximum Gasteiger partial charge on any atom is 0.330 e. The monoisotopic (exact) mass is 420 g/mol. The van der Waals surface area contributed by atoms with Gasteiger partial charge in [-0.2, -0.15) is 0 Å². The third-order valence-electron chi connectivity index (χ3n) is 3.46. The Balaban J connectivity index is 2.31. The van der Waals surface area contributed by atoms with E-state index < -0.39 is 17.8 Å². The van der Waals surface area contributed by atoms with Crippen LogP contribution in [0, 0.1) is 13.8 Å². The van der Waals surface area contributed by atoms with E-state index in [1.165, 1.54) is 0 Å². The molecule has 10 heteroatoms. The molecule has 0 bridgehead atoms. The number of rotatable bonds is 7. The number of hydrogen-bond acceptors (Lipinski definition) is 6. The van der Waals surface area contributed by atoms with Crippen LogP contribution in [0.5, 0.6) is 0 Å². The summed E-state index contributed by atoms with van der Waals surface area (Å²) in [5.41, 5.74) is 7.25. The van der Waals surface area contributed by atoms with Gasteiger partial charge in [0, 0.05) is 30.7 Å². The topological polar surface area (TPSA) is 126 Å². The number of hydrogen-bond donors (Lipinski definition) is 4. The maximum absolute atomic E-state index is 12.0. The molecule has 0 radical (unpaired) electrons. The molecule has 0 aliphatic carbocycles. The number of ether oxygens (including phenoxy) is 1. The molecule has 3 amide bonds. The first-order valence-corrected chi connectivity index (χ1v) is 9.23. The number of aryl methyl sites for hydroxylation is 2. The van der Waals surface area contributed by atoms with Crippen LogP contribution in [-0.2, 0) is 23.9 Å². The summed E-state index contributed by atoms with van der Waals surface area (Å²) in [6.07, 6.45) is 1.80. The fraction of sp³-hybridized carbons (Fsp3) is 0.316. The van der Waals surface area contributed by atoms with Crippen molar-refractivity contribution in [3.63, 3.8) is 0 Å². The first-order valence-electron chi connectivity index (χ1n) is 8.83. The van der Waals surface area contributed by atoms with Crippen molar-refractivity contribution in [2.24, 2.45) is 0 Å². The van der Waals surface area contributed by atoms with E-state index in [2.05, 4.69) is 26.2 Å². The summed E-state index contributed by atoms with van der Waals surface area (Å²) < 4.78 is 4.63. The molecular formula is C19H24N4O5S. The Morgan fingerprint density at radius 1 is 1.03 bits per heavy atom. The Kier molecular flexibility index (Phi) is 10.0. The number of thiocarbonyl (C=S) groups is 1. The summed E-state index contributed by atoms with van der Waals surface area (Å²) in [5, 5.41) is 4.83. The van der Waals surface area contributed by atoms with Crippen molar-refractivity contribution in [3.05, 3.63) is 41.5 Å². The average molecular weight is 420 g/mol. The molecule has 9 nitrogen and oxygen atoms in total. The second-order valence-corrected chi connectivity index (χ2v) is 6.35. The highest BCUT2D eigenvalue weighted by atomic mass is 32.1. The van der Waals surface area contributed by atoms with Gasteiger partial charge in [0.05, 0.1) is 6.61 Å². The lowest BCUT2D eigenvalue weighted by Crippen LogP contribution is -2.48. The Hall–Kier alpha value is -3.27. The highest BCUT2D eigenvalue weighted by Gasteiger charge is 2.09. The Morgan fingerprint density at radius 2 is 1.72 bits per heavy atom. The van der Waals surface area contributed by atoms with E-state index in [9.17, 15) is 19.2 Å². The molecule has 0 spiro atoms. The zero-order chi connectivity index (χ0) is 21.8. The largest absolute Gasteiger partial charge is 0.463 e. The van der Waals surface area contributed by atoms with Crippen LogP contribution in [-0.4, -0.2) is 35.4 Å². The summed E-state index contributed by atoms with van der Waals surface area (Å²) in [5.74, 6) is -2.11. The lowest BCUT2D eigenvalue weighted by atomic mass is 10.1. The van der Waals surface area contributed by atoms with E-state index in [0.29, 0.717) is 5.69 Å². The van der Waals surface area contributed by atoms with E-state index >= 15 is 0 Å². The van der Waals surface area contributed by atoms with Crippen molar-refractivity contribution < 1.29 is 23.9 Å². The van der Waals surface area contributed by atoms with Crippen molar-refractivity contribution in [1.29, 1.82) is 0 Å². The number of amides is 3. The second-order valence-electron chi connectivity index (χ2n) is 5.94. The van der Waals surface area contributed by atoms with Gasteiger partial charge in [0.2, 0.25) is 17.7 Å². The van der Waals surface area contributed by atoms with Crippen LogP contribution in [0.15, 0.2) is 30.4 Å². The van der Waals surface area contributed by atoms with Gasteiger partial charge < -0.3 is 10.1 Å². The molecule has 0 fully saturated rings. The third-order valence-corrected chi connectivity index (χ3v) is 3.66. The molecule has 156 valence electrons. The number of esters is 1. The molecule has 0 aromatic heterocycles. The molecule has 0 unspecified atom stereocenters. The fourth-order valence-electron chi connectivity index (χ4n) is 2.02. The SMILES string of the molecule is CCOC(=O)/C=C/C(=O)NC(=S)NNC(=O)CCC(=O)Nc1cc(C)ccc1C. The summed E-state index contributed by atoms with van der Waals surface area (Å²) in [6, 6.07) is 5.70. The fourth-order valence-corrected chi connectivity index (χ4v) is 2.17. The smallest absolute Gasteiger partial charge is 0.330 e. The summed E-state index contributed by atoms with van der Waals surface area (Å²) in [6.45, 7) is 5.63. The van der Waals surface area contributed by atoms with Gasteiger partial charge in [-0.15, -0.1) is 0 Å². The molecule has 4 N–H and O–H groups in total. The van der Waals surface area contributed by atoms with Gasteiger partial charge in [0.1, 0.15) is 0 Å². The van der Waals surface area contributed by atoms with Gasteiger partial charge in [0.25, 0.3) is 0 Å². The predicted octanol–water partition coefficient (Wildman–Crippen LogP) is 1.16. The van der Waals surface area contributed by atoms with Crippen LogP contribution in [0.2, 0.25) is 0 Å². The first kappa shape index (κ1) is 23.8. The van der Waals surface area contributed by atoms with Crippen molar-refractivity contribution >= 4 is 46.7 Å². The third kappa shape index (κ3) is 10.0. The lowest BCUT2D eigenvalue weighted by molar-refractivity contribution is -0.137. The van der Waals surface area contributed by atoms with E-state index in [4.69, 9.17) is 12.2 Å². The Labute approximate surface area is 174 Å². The molecule has 0 saturated heterocycles. The highest BCUT2D eigenvalue weighted by molar-refractivity contribution is 7.80. The number of carbonyl (C=O) groups excluding carboxylic acids is 4. The van der Waals surface area contributed by atoms with Gasteiger partial charge >= 0.3 is 5.97 Å². The van der Waals surface area contributed by atoms with Gasteiger partial charge in [-0.1, -0.05) is 12.1 Å². The van der Waals surface area contributed by atoms with Crippen LogP contribution >= 0.6 is 12.2 Å². The van der Waals surface area contributed by atoms with Crippen LogP contribution in [0.4, 0.5) is 5.69 Å². The minimum absolute atomic E-state index is 0.0255. The molecular weight excluding hydrogens is 396 g/mol. The van der Waals surface area contributed by atoms with E-state index in [-0.39, 0.29) is 30.5 Å². The summed E-state index contributed by atoms with van der Waals surface area (Å²) in [4.78, 5) is 46.4. The molecule has 29 heavy (non-hydrogen) atoms. The molecule has 0 saturated carbocycles. The van der Waals surface area contributed by atoms with Gasteiger partial charge in [-0.3, -0.25) is 30.6 Å². The number of hydrazine groups is 1. The number of nitrogens with one attached hydrogen (secondary N) is 4. The Morgan fingerprint density at radius 3 is 2.41 bits per heavy atom. The minimum Gasteiger partial charge on any atom is -0.463 e. The van der Waals surface area contributed by atoms with Crippen LogP contribution in [0.3, 0.4) is 0 Å². The van der Waals surface area contributed by atoms with Crippen LogP contribution in [0.1, 0.15) is 30.9 Å². The number of anilines is 1. The van der Waals surface area contributed by atoms with Crippen molar-refractivity contribution in [3.8, 4) is 0 Å².